The summed E-state index contributed by atoms with van der Waals surface area (Å²) in [4.78, 5) is 5.79. The van der Waals surface area contributed by atoms with Crippen molar-refractivity contribution in [2.45, 2.75) is 19.4 Å². The van der Waals surface area contributed by atoms with E-state index < -0.39 is 0 Å². The number of aryl methyl sites for hydroxylation is 1. The van der Waals surface area contributed by atoms with Crippen LogP contribution in [0, 0.1) is 6.92 Å². The number of aromatic nitrogens is 1. The molecule has 0 saturated heterocycles. The molecule has 0 bridgehead atoms. The average molecular weight is 311 g/mol. The van der Waals surface area contributed by atoms with Crippen molar-refractivity contribution in [2.24, 2.45) is 0 Å². The summed E-state index contributed by atoms with van der Waals surface area (Å²) in [7, 11) is 2.00. The first kappa shape index (κ1) is 12.7. The zero-order valence-electron chi connectivity index (χ0n) is 9.90. The van der Waals surface area contributed by atoms with Crippen molar-refractivity contribution in [1.82, 2.24) is 10.3 Å². The van der Waals surface area contributed by atoms with E-state index in [4.69, 9.17) is 0 Å². The third-order valence-electron chi connectivity index (χ3n) is 2.80. The molecule has 0 fully saturated rings. The SMILES string of the molecule is CNC(Cc1ncccc1C)c1ccc(Br)s1. The van der Waals surface area contributed by atoms with Gasteiger partial charge < -0.3 is 5.32 Å². The largest absolute Gasteiger partial charge is 0.312 e. The number of hydrogen-bond acceptors (Lipinski definition) is 3. The maximum absolute atomic E-state index is 4.45. The molecule has 2 rings (SSSR count). The molecule has 0 aliphatic rings. The number of likely N-dealkylation sites (N-methyl/N-ethyl adjacent to an activating group) is 1. The van der Waals surface area contributed by atoms with E-state index in [1.165, 1.54) is 14.2 Å². The molecule has 0 aliphatic carbocycles. The molecular weight excluding hydrogens is 296 g/mol. The molecule has 1 N–H and O–H groups in total. The summed E-state index contributed by atoms with van der Waals surface area (Å²) in [5, 5.41) is 3.36. The smallest absolute Gasteiger partial charge is 0.0701 e. The predicted molar refractivity (Wildman–Crippen MR) is 76.5 cm³/mol. The Morgan fingerprint density at radius 3 is 2.82 bits per heavy atom. The summed E-state index contributed by atoms with van der Waals surface area (Å²) < 4.78 is 1.17. The van der Waals surface area contributed by atoms with Gasteiger partial charge in [0.15, 0.2) is 0 Å². The Balaban J connectivity index is 2.18. The van der Waals surface area contributed by atoms with Crippen LogP contribution >= 0.6 is 27.3 Å². The Morgan fingerprint density at radius 2 is 2.24 bits per heavy atom. The zero-order valence-corrected chi connectivity index (χ0v) is 12.3. The van der Waals surface area contributed by atoms with E-state index in [0.717, 1.165) is 12.1 Å². The molecule has 0 saturated carbocycles. The molecule has 2 aromatic heterocycles. The fraction of sp³-hybridized carbons (Fsp3) is 0.308. The minimum absolute atomic E-state index is 0.333. The van der Waals surface area contributed by atoms with Crippen molar-refractivity contribution in [3.63, 3.8) is 0 Å². The minimum Gasteiger partial charge on any atom is -0.312 e. The highest BCUT2D eigenvalue weighted by molar-refractivity contribution is 9.11. The standard InChI is InChI=1S/C13H15BrN2S/c1-9-4-3-7-16-10(9)8-11(15-2)12-5-6-13(14)17-12/h3-7,11,15H,8H2,1-2H3. The summed E-state index contributed by atoms with van der Waals surface area (Å²) in [6, 6.07) is 8.68. The maximum atomic E-state index is 4.45. The molecular formula is C13H15BrN2S. The molecule has 17 heavy (non-hydrogen) atoms. The van der Waals surface area contributed by atoms with E-state index in [9.17, 15) is 0 Å². The summed E-state index contributed by atoms with van der Waals surface area (Å²) >= 11 is 5.28. The number of thiophene rings is 1. The minimum atomic E-state index is 0.333. The molecule has 2 aromatic rings. The van der Waals surface area contributed by atoms with Crippen molar-refractivity contribution >= 4 is 27.3 Å². The average Bonchev–Trinajstić information content (AvgIpc) is 2.75. The number of hydrogen-bond donors (Lipinski definition) is 1. The molecule has 0 aliphatic heterocycles. The van der Waals surface area contributed by atoms with Crippen LogP contribution in [0.15, 0.2) is 34.2 Å². The van der Waals surface area contributed by atoms with E-state index in [-0.39, 0.29) is 0 Å². The summed E-state index contributed by atoms with van der Waals surface area (Å²) in [6.45, 7) is 2.11. The van der Waals surface area contributed by atoms with Crippen LogP contribution in [0.1, 0.15) is 22.2 Å². The first-order valence-electron chi connectivity index (χ1n) is 5.53. The molecule has 2 nitrogen and oxygen atoms in total. The molecule has 1 unspecified atom stereocenters. The summed E-state index contributed by atoms with van der Waals surface area (Å²) in [5.74, 6) is 0. The number of pyridine rings is 1. The van der Waals surface area contributed by atoms with Crippen LogP contribution in [-0.4, -0.2) is 12.0 Å². The number of rotatable bonds is 4. The fourth-order valence-electron chi connectivity index (χ4n) is 1.79. The lowest BCUT2D eigenvalue weighted by atomic mass is 10.1. The van der Waals surface area contributed by atoms with Crippen molar-refractivity contribution in [3.05, 3.63) is 50.4 Å². The molecule has 0 amide bonds. The van der Waals surface area contributed by atoms with Crippen LogP contribution in [0.25, 0.3) is 0 Å². The monoisotopic (exact) mass is 310 g/mol. The Bertz CT molecular complexity index is 496. The Labute approximate surface area is 114 Å². The van der Waals surface area contributed by atoms with Gasteiger partial charge in [-0.3, -0.25) is 4.98 Å². The highest BCUT2D eigenvalue weighted by atomic mass is 79.9. The van der Waals surface area contributed by atoms with Crippen molar-refractivity contribution in [2.75, 3.05) is 7.05 Å². The lowest BCUT2D eigenvalue weighted by molar-refractivity contribution is 0.592. The molecule has 0 radical (unpaired) electrons. The van der Waals surface area contributed by atoms with Crippen LogP contribution in [0.3, 0.4) is 0 Å². The normalized spacial score (nSPS) is 12.6. The second-order valence-electron chi connectivity index (χ2n) is 3.95. The lowest BCUT2D eigenvalue weighted by Crippen LogP contribution is -2.18. The number of halogens is 1. The van der Waals surface area contributed by atoms with Crippen LogP contribution in [-0.2, 0) is 6.42 Å². The van der Waals surface area contributed by atoms with Gasteiger partial charge in [-0.1, -0.05) is 6.07 Å². The second-order valence-corrected chi connectivity index (χ2v) is 6.45. The first-order chi connectivity index (χ1) is 8.20. The van der Waals surface area contributed by atoms with E-state index in [1.807, 2.05) is 19.3 Å². The summed E-state index contributed by atoms with van der Waals surface area (Å²) in [6.07, 6.45) is 2.79. The van der Waals surface area contributed by atoms with Crippen molar-refractivity contribution < 1.29 is 0 Å². The number of nitrogens with zero attached hydrogens (tertiary/aromatic N) is 1. The Morgan fingerprint density at radius 1 is 1.41 bits per heavy atom. The van der Waals surface area contributed by atoms with Gasteiger partial charge in [-0.15, -0.1) is 11.3 Å². The van der Waals surface area contributed by atoms with Crippen LogP contribution in [0.5, 0.6) is 0 Å². The molecule has 0 spiro atoms. The second kappa shape index (κ2) is 5.76. The molecule has 90 valence electrons. The predicted octanol–water partition coefficient (Wildman–Crippen LogP) is 3.72. The highest BCUT2D eigenvalue weighted by Gasteiger charge is 2.14. The molecule has 4 heteroatoms. The van der Waals surface area contributed by atoms with Gasteiger partial charge in [0.1, 0.15) is 0 Å². The van der Waals surface area contributed by atoms with E-state index in [0.29, 0.717) is 6.04 Å². The van der Waals surface area contributed by atoms with Crippen LogP contribution < -0.4 is 5.32 Å². The first-order valence-corrected chi connectivity index (χ1v) is 7.14. The molecule has 2 heterocycles. The van der Waals surface area contributed by atoms with Crippen molar-refractivity contribution in [3.8, 4) is 0 Å². The van der Waals surface area contributed by atoms with Gasteiger partial charge in [-0.05, 0) is 53.7 Å². The van der Waals surface area contributed by atoms with E-state index in [2.05, 4.69) is 51.4 Å². The van der Waals surface area contributed by atoms with E-state index in [1.54, 1.807) is 11.3 Å². The Hall–Kier alpha value is -0.710. The van der Waals surface area contributed by atoms with Gasteiger partial charge in [0.05, 0.1) is 3.79 Å². The summed E-state index contributed by atoms with van der Waals surface area (Å²) in [5.41, 5.74) is 2.42. The quantitative estimate of drug-likeness (QED) is 0.931. The molecule has 1 atom stereocenters. The molecule has 0 aromatic carbocycles. The zero-order chi connectivity index (χ0) is 12.3. The van der Waals surface area contributed by atoms with Gasteiger partial charge in [0.25, 0.3) is 0 Å². The van der Waals surface area contributed by atoms with Gasteiger partial charge in [0.2, 0.25) is 0 Å². The van der Waals surface area contributed by atoms with Crippen LogP contribution in [0.4, 0.5) is 0 Å². The van der Waals surface area contributed by atoms with Crippen molar-refractivity contribution in [1.29, 1.82) is 0 Å². The van der Waals surface area contributed by atoms with Gasteiger partial charge >= 0.3 is 0 Å². The third-order valence-corrected chi connectivity index (χ3v) is 4.54. The lowest BCUT2D eigenvalue weighted by Gasteiger charge is -2.15. The number of nitrogens with one attached hydrogen (secondary N) is 1. The van der Waals surface area contributed by atoms with E-state index >= 15 is 0 Å². The third kappa shape index (κ3) is 3.15. The van der Waals surface area contributed by atoms with Crippen LogP contribution in [0.2, 0.25) is 0 Å². The fourth-order valence-corrected chi connectivity index (χ4v) is 3.32. The highest BCUT2D eigenvalue weighted by Crippen LogP contribution is 2.29. The van der Waals surface area contributed by atoms with Gasteiger partial charge in [0, 0.05) is 29.2 Å². The maximum Gasteiger partial charge on any atom is 0.0701 e. The Kier molecular flexibility index (Phi) is 4.31. The topological polar surface area (TPSA) is 24.9 Å². The van der Waals surface area contributed by atoms with Gasteiger partial charge in [-0.2, -0.15) is 0 Å². The van der Waals surface area contributed by atoms with Gasteiger partial charge in [-0.25, -0.2) is 0 Å².